The summed E-state index contributed by atoms with van der Waals surface area (Å²) >= 11 is 0. The zero-order chi connectivity index (χ0) is 15.6. The van der Waals surface area contributed by atoms with Gasteiger partial charge in [0.25, 0.3) is 0 Å². The minimum absolute atomic E-state index is 0.0362. The van der Waals surface area contributed by atoms with Crippen molar-refractivity contribution in [3.8, 4) is 0 Å². The van der Waals surface area contributed by atoms with E-state index in [1.54, 1.807) is 12.4 Å². The predicted molar refractivity (Wildman–Crippen MR) is 89.2 cm³/mol. The highest BCUT2D eigenvalue weighted by molar-refractivity contribution is 5.76. The normalized spacial score (nSPS) is 22.4. The lowest BCUT2D eigenvalue weighted by atomic mass is 10.2. The van der Waals surface area contributed by atoms with Crippen molar-refractivity contribution in [2.45, 2.75) is 25.0 Å². The predicted octanol–water partition coefficient (Wildman–Crippen LogP) is 2.25. The van der Waals surface area contributed by atoms with Crippen LogP contribution in [-0.4, -0.2) is 41.1 Å². The number of likely N-dealkylation sites (tertiary alicyclic amines) is 1. The van der Waals surface area contributed by atoms with Crippen LogP contribution in [0.3, 0.4) is 0 Å². The van der Waals surface area contributed by atoms with Gasteiger partial charge in [0.05, 0.1) is 6.04 Å². The fourth-order valence-electron chi connectivity index (χ4n) is 3.63. The average Bonchev–Trinajstić information content (AvgIpc) is 3.22. The molecule has 1 aromatic heterocycles. The Morgan fingerprint density at radius 3 is 2.70 bits per heavy atom. The number of hydrogen-bond acceptors (Lipinski definition) is 3. The zero-order valence-electron chi connectivity index (χ0n) is 12.9. The van der Waals surface area contributed by atoms with Gasteiger partial charge in [0.15, 0.2) is 0 Å². The lowest BCUT2D eigenvalue weighted by Gasteiger charge is -2.35. The van der Waals surface area contributed by atoms with Crippen molar-refractivity contribution in [1.82, 2.24) is 15.2 Å². The Morgan fingerprint density at radius 2 is 2.00 bits per heavy atom. The highest BCUT2D eigenvalue weighted by Crippen LogP contribution is 2.34. The van der Waals surface area contributed by atoms with Crippen molar-refractivity contribution >= 4 is 11.7 Å². The van der Waals surface area contributed by atoms with Gasteiger partial charge in [-0.1, -0.05) is 24.3 Å². The molecular weight excluding hydrogens is 288 g/mol. The largest absolute Gasteiger partial charge is 0.365 e. The van der Waals surface area contributed by atoms with Gasteiger partial charge < -0.3 is 15.1 Å². The molecular formula is C18H20N4O. The minimum atomic E-state index is 0.0362. The van der Waals surface area contributed by atoms with Gasteiger partial charge in [-0.05, 0) is 30.2 Å². The lowest BCUT2D eigenvalue weighted by molar-refractivity contribution is 0.188. The second-order valence-electron chi connectivity index (χ2n) is 6.20. The Hall–Kier alpha value is -2.56. The summed E-state index contributed by atoms with van der Waals surface area (Å²) in [6.07, 6.45) is 4.59. The molecule has 3 heterocycles. The van der Waals surface area contributed by atoms with Crippen LogP contribution < -0.4 is 10.2 Å². The first kappa shape index (κ1) is 14.1. The van der Waals surface area contributed by atoms with Crippen molar-refractivity contribution < 1.29 is 4.79 Å². The molecule has 2 amide bonds. The molecule has 1 N–H and O–H groups in total. The number of aromatic nitrogens is 1. The van der Waals surface area contributed by atoms with Crippen LogP contribution in [0.5, 0.6) is 0 Å². The third-order valence-corrected chi connectivity index (χ3v) is 4.76. The first-order valence-electron chi connectivity index (χ1n) is 8.06. The molecule has 2 aliphatic heterocycles. The molecule has 0 spiro atoms. The van der Waals surface area contributed by atoms with Crippen molar-refractivity contribution in [1.29, 1.82) is 0 Å². The summed E-state index contributed by atoms with van der Waals surface area (Å²) in [7, 11) is 0. The summed E-state index contributed by atoms with van der Waals surface area (Å²) in [5.74, 6) is 0. The van der Waals surface area contributed by atoms with Gasteiger partial charge in [0, 0.05) is 43.8 Å². The molecule has 2 aliphatic rings. The van der Waals surface area contributed by atoms with Crippen LogP contribution in [0.15, 0.2) is 54.9 Å². The number of carbonyl (C=O) groups is 1. The first-order valence-corrected chi connectivity index (χ1v) is 8.06. The standard InChI is InChI=1S/C18H20N4O/c23-18(20-11-14-5-4-8-19-10-14)22-13-16-9-17(22)12-21(16)15-6-2-1-3-7-15/h1-8,10,16-17H,9,11-13H2,(H,20,23)/t16-,17-/m0/s1. The molecule has 4 rings (SSSR count). The van der Waals surface area contributed by atoms with E-state index in [0.29, 0.717) is 18.6 Å². The van der Waals surface area contributed by atoms with Crippen molar-refractivity contribution in [2.75, 3.05) is 18.0 Å². The van der Waals surface area contributed by atoms with Gasteiger partial charge in [-0.3, -0.25) is 4.98 Å². The molecule has 5 heteroatoms. The third kappa shape index (κ3) is 2.74. The van der Waals surface area contributed by atoms with Crippen LogP contribution >= 0.6 is 0 Å². The Bertz CT molecular complexity index is 676. The number of nitrogens with zero attached hydrogens (tertiary/aromatic N) is 3. The minimum Gasteiger partial charge on any atom is -0.365 e. The SMILES string of the molecule is O=C(NCc1cccnc1)N1C[C@@H]2C[C@H]1CN2c1ccccc1. The summed E-state index contributed by atoms with van der Waals surface area (Å²) in [6.45, 7) is 2.26. The second-order valence-corrected chi connectivity index (χ2v) is 6.20. The van der Waals surface area contributed by atoms with E-state index in [4.69, 9.17) is 0 Å². The number of amides is 2. The fourth-order valence-corrected chi connectivity index (χ4v) is 3.63. The molecule has 23 heavy (non-hydrogen) atoms. The van der Waals surface area contributed by atoms with Crippen molar-refractivity contribution in [3.05, 3.63) is 60.4 Å². The van der Waals surface area contributed by atoms with Crippen LogP contribution in [0.1, 0.15) is 12.0 Å². The quantitative estimate of drug-likeness (QED) is 0.946. The van der Waals surface area contributed by atoms with Gasteiger partial charge >= 0.3 is 6.03 Å². The number of urea groups is 1. The maximum absolute atomic E-state index is 12.4. The maximum Gasteiger partial charge on any atom is 0.318 e. The van der Waals surface area contributed by atoms with Gasteiger partial charge in [0.2, 0.25) is 0 Å². The van der Waals surface area contributed by atoms with Crippen LogP contribution in [-0.2, 0) is 6.54 Å². The van der Waals surface area contributed by atoms with Crippen LogP contribution in [0.2, 0.25) is 0 Å². The fraction of sp³-hybridized carbons (Fsp3) is 0.333. The van der Waals surface area contributed by atoms with Crippen LogP contribution in [0.4, 0.5) is 10.5 Å². The number of nitrogens with one attached hydrogen (secondary N) is 1. The summed E-state index contributed by atoms with van der Waals surface area (Å²) in [4.78, 5) is 20.9. The van der Waals surface area contributed by atoms with E-state index < -0.39 is 0 Å². The number of para-hydroxylation sites is 1. The summed E-state index contributed by atoms with van der Waals surface area (Å²) in [5, 5.41) is 3.01. The molecule has 2 fully saturated rings. The van der Waals surface area contributed by atoms with E-state index in [1.165, 1.54) is 5.69 Å². The third-order valence-electron chi connectivity index (χ3n) is 4.76. The maximum atomic E-state index is 12.4. The number of benzene rings is 1. The molecule has 2 atom stereocenters. The topological polar surface area (TPSA) is 48.5 Å². The highest BCUT2D eigenvalue weighted by Gasteiger charge is 2.45. The molecule has 5 nitrogen and oxygen atoms in total. The molecule has 0 aliphatic carbocycles. The number of anilines is 1. The van der Waals surface area contributed by atoms with Crippen LogP contribution in [0, 0.1) is 0 Å². The van der Waals surface area contributed by atoms with E-state index in [1.807, 2.05) is 23.1 Å². The van der Waals surface area contributed by atoms with Gasteiger partial charge in [-0.25, -0.2) is 4.79 Å². The molecule has 2 saturated heterocycles. The molecule has 1 aromatic carbocycles. The molecule has 0 radical (unpaired) electrons. The number of piperazine rings is 1. The summed E-state index contributed by atoms with van der Waals surface area (Å²) in [6, 6.07) is 15.1. The number of hydrogen-bond donors (Lipinski definition) is 1. The average molecular weight is 308 g/mol. The van der Waals surface area contributed by atoms with E-state index in [-0.39, 0.29) is 6.03 Å². The van der Waals surface area contributed by atoms with E-state index in [2.05, 4.69) is 39.5 Å². The monoisotopic (exact) mass is 308 g/mol. The smallest absolute Gasteiger partial charge is 0.318 e. The van der Waals surface area contributed by atoms with E-state index in [9.17, 15) is 4.79 Å². The summed E-state index contributed by atoms with van der Waals surface area (Å²) < 4.78 is 0. The Labute approximate surface area is 135 Å². The van der Waals surface area contributed by atoms with Crippen LogP contribution in [0.25, 0.3) is 0 Å². The molecule has 0 saturated carbocycles. The lowest BCUT2D eigenvalue weighted by Crippen LogP contribution is -2.51. The number of pyridine rings is 1. The van der Waals surface area contributed by atoms with Crippen molar-refractivity contribution in [3.63, 3.8) is 0 Å². The van der Waals surface area contributed by atoms with E-state index in [0.717, 1.165) is 25.1 Å². The van der Waals surface area contributed by atoms with Gasteiger partial charge in [-0.2, -0.15) is 0 Å². The molecule has 2 aromatic rings. The van der Waals surface area contributed by atoms with Gasteiger partial charge in [0.1, 0.15) is 0 Å². The number of carbonyl (C=O) groups excluding carboxylic acids is 1. The zero-order valence-corrected chi connectivity index (χ0v) is 12.9. The molecule has 2 bridgehead atoms. The van der Waals surface area contributed by atoms with Crippen molar-refractivity contribution in [2.24, 2.45) is 0 Å². The number of rotatable bonds is 3. The molecule has 0 unspecified atom stereocenters. The second kappa shape index (κ2) is 5.91. The Balaban J connectivity index is 1.36. The number of fused-ring (bicyclic) bond motifs is 2. The Kier molecular flexibility index (Phi) is 3.61. The first-order chi connectivity index (χ1) is 11.3. The summed E-state index contributed by atoms with van der Waals surface area (Å²) in [5.41, 5.74) is 2.28. The Morgan fingerprint density at radius 1 is 1.13 bits per heavy atom. The highest BCUT2D eigenvalue weighted by atomic mass is 16.2. The van der Waals surface area contributed by atoms with Gasteiger partial charge in [-0.15, -0.1) is 0 Å². The molecule has 118 valence electrons. The van der Waals surface area contributed by atoms with E-state index >= 15 is 0 Å².